The van der Waals surface area contributed by atoms with Gasteiger partial charge in [0.2, 0.25) is 0 Å². The van der Waals surface area contributed by atoms with Crippen molar-refractivity contribution in [2.75, 3.05) is 11.9 Å². The van der Waals surface area contributed by atoms with Crippen LogP contribution in [0.4, 0.5) is 10.8 Å². The maximum atomic E-state index is 13.1. The van der Waals surface area contributed by atoms with E-state index in [0.29, 0.717) is 0 Å². The minimum Gasteiger partial charge on any atom is -0.396 e. The van der Waals surface area contributed by atoms with Crippen molar-refractivity contribution in [3.8, 4) is 11.1 Å². The van der Waals surface area contributed by atoms with E-state index in [0.717, 1.165) is 57.0 Å². The monoisotopic (exact) mass is 442 g/mol. The van der Waals surface area contributed by atoms with E-state index in [1.165, 1.54) is 0 Å². The van der Waals surface area contributed by atoms with Crippen molar-refractivity contribution in [2.45, 2.75) is 26.2 Å². The number of hydrogen-bond acceptors (Lipinski definition) is 5. The molecule has 0 bridgehead atoms. The largest absolute Gasteiger partial charge is 0.396 e. The minimum atomic E-state index is -0.454. The van der Waals surface area contributed by atoms with Crippen LogP contribution in [0.2, 0.25) is 0 Å². The molecule has 5 heteroatoms. The van der Waals surface area contributed by atoms with Crippen LogP contribution < -0.4 is 5.32 Å². The number of anilines is 2. The maximum absolute atomic E-state index is 13.1. The molecule has 1 unspecified atom stereocenters. The fraction of sp³-hybridized carbons (Fsp3) is 0.259. The number of carbonyl (C=O) groups excluding carboxylic acids is 1. The van der Waals surface area contributed by atoms with Gasteiger partial charge in [-0.25, -0.2) is 4.98 Å². The summed E-state index contributed by atoms with van der Waals surface area (Å²) in [6.07, 6.45) is 2.78. The Balaban J connectivity index is 1.30. The fourth-order valence-electron chi connectivity index (χ4n) is 4.77. The first-order chi connectivity index (χ1) is 15.6. The second-order valence-electron chi connectivity index (χ2n) is 8.78. The number of thiazole rings is 1. The first kappa shape index (κ1) is 20.9. The van der Waals surface area contributed by atoms with Gasteiger partial charge in [-0.3, -0.25) is 4.79 Å². The fourth-order valence-corrected chi connectivity index (χ4v) is 5.66. The number of aliphatic hydroxyl groups excluding tert-OH is 1. The number of fused-ring (bicyclic) bond motifs is 1. The van der Waals surface area contributed by atoms with Crippen molar-refractivity contribution < 1.29 is 9.90 Å². The second-order valence-corrected chi connectivity index (χ2v) is 9.82. The zero-order valence-corrected chi connectivity index (χ0v) is 18.9. The molecule has 4 nitrogen and oxygen atoms in total. The molecule has 32 heavy (non-hydrogen) atoms. The van der Waals surface area contributed by atoms with E-state index < -0.39 is 5.41 Å². The van der Waals surface area contributed by atoms with Crippen LogP contribution in [0.1, 0.15) is 36.5 Å². The molecule has 1 fully saturated rings. The van der Waals surface area contributed by atoms with Crippen LogP contribution in [-0.2, 0) is 0 Å². The van der Waals surface area contributed by atoms with Crippen LogP contribution in [0.5, 0.6) is 0 Å². The Hall–Kier alpha value is -3.02. The molecule has 162 valence electrons. The Bertz CT molecular complexity index is 1210. The molecule has 1 saturated carbocycles. The van der Waals surface area contributed by atoms with Gasteiger partial charge in [0.15, 0.2) is 10.9 Å². The number of nitrogens with zero attached hydrogens (tertiary/aromatic N) is 1. The average molecular weight is 443 g/mol. The van der Waals surface area contributed by atoms with Gasteiger partial charge in [0.05, 0.1) is 10.2 Å². The first-order valence-corrected chi connectivity index (χ1v) is 11.9. The van der Waals surface area contributed by atoms with Crippen molar-refractivity contribution in [3.63, 3.8) is 0 Å². The van der Waals surface area contributed by atoms with Gasteiger partial charge in [-0.15, -0.1) is 0 Å². The summed E-state index contributed by atoms with van der Waals surface area (Å²) in [5, 5.41) is 13.9. The quantitative estimate of drug-likeness (QED) is 0.327. The molecular formula is C27H26N2O2S. The summed E-state index contributed by atoms with van der Waals surface area (Å²) >= 11 is 1.64. The number of benzene rings is 3. The van der Waals surface area contributed by atoms with Crippen LogP contribution in [0.25, 0.3) is 21.3 Å². The lowest BCUT2D eigenvalue weighted by atomic mass is 9.74. The number of Topliss-reactive ketones (excluding diaryl/α,β-unsaturated/α-hetero) is 1. The summed E-state index contributed by atoms with van der Waals surface area (Å²) in [5.74, 6) is 0.209. The van der Waals surface area contributed by atoms with Gasteiger partial charge in [-0.1, -0.05) is 73.2 Å². The lowest BCUT2D eigenvalue weighted by Crippen LogP contribution is -2.33. The third-order valence-corrected chi connectivity index (χ3v) is 7.75. The predicted octanol–water partition coefficient (Wildman–Crippen LogP) is 6.69. The standard InChI is InChI=1S/C27H26N2O2S/c1-27(16-4-5-21(27)17-30)25(31)20-10-8-18(9-11-20)19-12-14-22(15-13-19)28-26-29-23-6-2-3-7-24(23)32-26/h2-3,6-15,21,30H,4-5,16-17H2,1H3,(H,28,29)/t21-,27?/m0/s1. The smallest absolute Gasteiger partial charge is 0.188 e. The number of hydrogen-bond donors (Lipinski definition) is 2. The normalized spacial score (nSPS) is 20.5. The third-order valence-electron chi connectivity index (χ3n) is 6.80. The number of aromatic nitrogens is 1. The topological polar surface area (TPSA) is 62.2 Å². The SMILES string of the molecule is CC1(C(=O)c2ccc(-c3ccc(Nc4nc5ccccc5s4)cc3)cc2)CCC[C@H]1CO. The van der Waals surface area contributed by atoms with Crippen LogP contribution >= 0.6 is 11.3 Å². The second kappa shape index (κ2) is 8.49. The summed E-state index contributed by atoms with van der Waals surface area (Å²) in [6.45, 7) is 2.09. The van der Waals surface area contributed by atoms with E-state index >= 15 is 0 Å². The van der Waals surface area contributed by atoms with Gasteiger partial charge < -0.3 is 10.4 Å². The predicted molar refractivity (Wildman–Crippen MR) is 132 cm³/mol. The number of nitrogens with one attached hydrogen (secondary N) is 1. The molecule has 0 spiro atoms. The summed E-state index contributed by atoms with van der Waals surface area (Å²) < 4.78 is 1.16. The number of rotatable bonds is 6. The van der Waals surface area contributed by atoms with Crippen molar-refractivity contribution in [2.24, 2.45) is 11.3 Å². The molecule has 5 rings (SSSR count). The van der Waals surface area contributed by atoms with Gasteiger partial charge in [-0.05, 0) is 54.2 Å². The molecule has 0 saturated heterocycles. The molecule has 1 aliphatic carbocycles. The van der Waals surface area contributed by atoms with E-state index in [1.54, 1.807) is 11.3 Å². The highest BCUT2D eigenvalue weighted by atomic mass is 32.1. The van der Waals surface area contributed by atoms with Crippen LogP contribution in [-0.4, -0.2) is 22.5 Å². The van der Waals surface area contributed by atoms with Crippen molar-refractivity contribution in [1.82, 2.24) is 4.98 Å². The van der Waals surface area contributed by atoms with E-state index in [1.807, 2.05) is 61.5 Å². The Kier molecular flexibility index (Phi) is 5.53. The van der Waals surface area contributed by atoms with E-state index in [4.69, 9.17) is 0 Å². The molecule has 2 N–H and O–H groups in total. The Morgan fingerprint density at radius 1 is 1.06 bits per heavy atom. The molecule has 3 aromatic carbocycles. The average Bonchev–Trinajstić information content (AvgIpc) is 3.42. The van der Waals surface area contributed by atoms with Crippen molar-refractivity contribution in [1.29, 1.82) is 0 Å². The highest BCUT2D eigenvalue weighted by molar-refractivity contribution is 7.22. The first-order valence-electron chi connectivity index (χ1n) is 11.1. The number of aliphatic hydroxyl groups is 1. The molecule has 0 radical (unpaired) electrons. The zero-order chi connectivity index (χ0) is 22.1. The van der Waals surface area contributed by atoms with Crippen LogP contribution in [0, 0.1) is 11.3 Å². The summed E-state index contributed by atoms with van der Waals surface area (Å²) in [7, 11) is 0. The molecular weight excluding hydrogens is 416 g/mol. The Morgan fingerprint density at radius 3 is 2.44 bits per heavy atom. The van der Waals surface area contributed by atoms with Crippen LogP contribution in [0.3, 0.4) is 0 Å². The van der Waals surface area contributed by atoms with Crippen molar-refractivity contribution >= 4 is 38.2 Å². The van der Waals surface area contributed by atoms with E-state index in [-0.39, 0.29) is 18.3 Å². The minimum absolute atomic E-state index is 0.0603. The highest BCUT2D eigenvalue weighted by Crippen LogP contribution is 2.45. The highest BCUT2D eigenvalue weighted by Gasteiger charge is 2.44. The van der Waals surface area contributed by atoms with Gasteiger partial charge in [0.25, 0.3) is 0 Å². The Labute approximate surface area is 192 Å². The summed E-state index contributed by atoms with van der Waals surface area (Å²) in [5.41, 5.74) is 4.43. The van der Waals surface area contributed by atoms with E-state index in [9.17, 15) is 9.90 Å². The number of para-hydroxylation sites is 1. The Morgan fingerprint density at radius 2 is 1.75 bits per heavy atom. The molecule has 0 aliphatic heterocycles. The summed E-state index contributed by atoms with van der Waals surface area (Å²) in [6, 6.07) is 24.2. The molecule has 1 aliphatic rings. The lowest BCUT2D eigenvalue weighted by Gasteiger charge is -2.29. The third kappa shape index (κ3) is 3.83. The van der Waals surface area contributed by atoms with E-state index in [2.05, 4.69) is 28.5 Å². The maximum Gasteiger partial charge on any atom is 0.188 e. The molecule has 0 amide bonds. The molecule has 2 atom stereocenters. The number of carbonyl (C=O) groups is 1. The van der Waals surface area contributed by atoms with Crippen molar-refractivity contribution in [3.05, 3.63) is 78.4 Å². The molecule has 1 heterocycles. The number of ketones is 1. The zero-order valence-electron chi connectivity index (χ0n) is 18.0. The van der Waals surface area contributed by atoms with Gasteiger partial charge >= 0.3 is 0 Å². The summed E-state index contributed by atoms with van der Waals surface area (Å²) in [4.78, 5) is 17.8. The molecule has 1 aromatic heterocycles. The van der Waals surface area contributed by atoms with Gasteiger partial charge in [0.1, 0.15) is 0 Å². The van der Waals surface area contributed by atoms with Gasteiger partial charge in [0, 0.05) is 23.3 Å². The molecule has 4 aromatic rings. The van der Waals surface area contributed by atoms with Crippen LogP contribution in [0.15, 0.2) is 72.8 Å². The lowest BCUT2D eigenvalue weighted by molar-refractivity contribution is 0.0668. The van der Waals surface area contributed by atoms with Gasteiger partial charge in [-0.2, -0.15) is 0 Å².